The smallest absolute Gasteiger partial charge is 0.243 e. The molecule has 2 amide bonds. The number of amides is 2. The maximum atomic E-state index is 10.8. The molecule has 0 fully saturated rings. The number of rotatable bonds is 4. The zero-order valence-corrected chi connectivity index (χ0v) is 7.39. The summed E-state index contributed by atoms with van der Waals surface area (Å²) >= 11 is 0. The third kappa shape index (κ3) is 5.46. The van der Waals surface area contributed by atoms with E-state index in [4.69, 9.17) is 0 Å². The Hall–Kier alpha value is -1.32. The van der Waals surface area contributed by atoms with Crippen LogP contribution in [-0.4, -0.2) is 25.4 Å². The fourth-order valence-electron chi connectivity index (χ4n) is 0.635. The van der Waals surface area contributed by atoms with E-state index in [9.17, 15) is 9.59 Å². The first kappa shape index (κ1) is 10.7. The van der Waals surface area contributed by atoms with Crippen LogP contribution in [0.2, 0.25) is 0 Å². The van der Waals surface area contributed by atoms with Gasteiger partial charge in [-0.05, 0) is 13.0 Å². The molecular weight excluding hydrogens is 156 g/mol. The van der Waals surface area contributed by atoms with Crippen LogP contribution in [0.4, 0.5) is 0 Å². The molecule has 0 saturated heterocycles. The van der Waals surface area contributed by atoms with E-state index in [1.54, 1.807) is 20.0 Å². The van der Waals surface area contributed by atoms with Crippen molar-refractivity contribution in [1.29, 1.82) is 0 Å². The number of carbonyl (C=O) groups excluding carboxylic acids is 2. The van der Waals surface area contributed by atoms with E-state index in [0.717, 1.165) is 0 Å². The normalized spacial score (nSPS) is 9.83. The lowest BCUT2D eigenvalue weighted by atomic mass is 10.4. The van der Waals surface area contributed by atoms with Crippen molar-refractivity contribution in [1.82, 2.24) is 10.6 Å². The highest BCUT2D eigenvalue weighted by molar-refractivity contribution is 5.87. The summed E-state index contributed by atoms with van der Waals surface area (Å²) in [5.74, 6) is -0.239. The molecular formula is C8H14N2O2. The summed E-state index contributed by atoms with van der Waals surface area (Å²) < 4.78 is 0. The lowest BCUT2D eigenvalue weighted by Crippen LogP contribution is -2.27. The summed E-state index contributed by atoms with van der Waals surface area (Å²) in [4.78, 5) is 21.5. The molecule has 0 aromatic carbocycles. The van der Waals surface area contributed by atoms with Crippen LogP contribution in [0.3, 0.4) is 0 Å². The molecule has 0 heterocycles. The van der Waals surface area contributed by atoms with Crippen molar-refractivity contribution >= 4 is 11.8 Å². The molecule has 4 heteroatoms. The molecule has 0 atom stereocenters. The van der Waals surface area contributed by atoms with E-state index in [2.05, 4.69) is 10.6 Å². The molecule has 0 saturated carbocycles. The Balaban J connectivity index is 3.43. The van der Waals surface area contributed by atoms with Gasteiger partial charge in [-0.15, -0.1) is 0 Å². The van der Waals surface area contributed by atoms with Gasteiger partial charge in [0.15, 0.2) is 0 Å². The lowest BCUT2D eigenvalue weighted by molar-refractivity contribution is -0.120. The first-order chi connectivity index (χ1) is 5.70. The van der Waals surface area contributed by atoms with Gasteiger partial charge in [-0.2, -0.15) is 0 Å². The highest BCUT2D eigenvalue weighted by atomic mass is 16.2. The van der Waals surface area contributed by atoms with E-state index in [-0.39, 0.29) is 11.8 Å². The molecule has 12 heavy (non-hydrogen) atoms. The second-order valence-corrected chi connectivity index (χ2v) is 2.21. The summed E-state index contributed by atoms with van der Waals surface area (Å²) in [7, 11) is 1.57. The minimum Gasteiger partial charge on any atom is -0.359 e. The zero-order valence-electron chi connectivity index (χ0n) is 7.39. The van der Waals surface area contributed by atoms with E-state index < -0.39 is 0 Å². The predicted molar refractivity (Wildman–Crippen MR) is 46.5 cm³/mol. The van der Waals surface area contributed by atoms with Crippen LogP contribution in [0.5, 0.6) is 0 Å². The molecule has 0 aliphatic heterocycles. The van der Waals surface area contributed by atoms with E-state index in [1.165, 1.54) is 6.08 Å². The van der Waals surface area contributed by atoms with Gasteiger partial charge in [0.1, 0.15) is 0 Å². The summed E-state index contributed by atoms with van der Waals surface area (Å²) in [6.45, 7) is 2.14. The van der Waals surface area contributed by atoms with Crippen molar-refractivity contribution in [2.45, 2.75) is 13.3 Å². The number of nitrogens with one attached hydrogen (secondary N) is 2. The fraction of sp³-hybridized carbons (Fsp3) is 0.500. The Bertz CT molecular complexity index is 187. The number of carbonyl (C=O) groups is 2. The monoisotopic (exact) mass is 170 g/mol. The average molecular weight is 170 g/mol. The Morgan fingerprint density at radius 2 is 2.08 bits per heavy atom. The maximum absolute atomic E-state index is 10.8. The highest BCUT2D eigenvalue weighted by Gasteiger charge is 1.97. The summed E-state index contributed by atoms with van der Waals surface area (Å²) in [6, 6.07) is 0. The fourth-order valence-corrected chi connectivity index (χ4v) is 0.635. The van der Waals surface area contributed by atoms with Gasteiger partial charge in [0.25, 0.3) is 0 Å². The van der Waals surface area contributed by atoms with Crippen molar-refractivity contribution in [2.75, 3.05) is 13.6 Å². The molecule has 0 spiro atoms. The van der Waals surface area contributed by atoms with Gasteiger partial charge >= 0.3 is 0 Å². The minimum atomic E-state index is -0.165. The zero-order chi connectivity index (χ0) is 9.40. The quantitative estimate of drug-likeness (QED) is 0.575. The molecule has 0 aliphatic carbocycles. The summed E-state index contributed by atoms with van der Waals surface area (Å²) in [6.07, 6.45) is 3.39. The van der Waals surface area contributed by atoms with Crippen LogP contribution >= 0.6 is 0 Å². The Morgan fingerprint density at radius 1 is 1.42 bits per heavy atom. The van der Waals surface area contributed by atoms with Crippen LogP contribution < -0.4 is 10.6 Å². The van der Waals surface area contributed by atoms with E-state index >= 15 is 0 Å². The Morgan fingerprint density at radius 3 is 2.58 bits per heavy atom. The molecule has 2 N–H and O–H groups in total. The molecule has 0 rings (SSSR count). The largest absolute Gasteiger partial charge is 0.359 e. The predicted octanol–water partition coefficient (Wildman–Crippen LogP) is -0.185. The van der Waals surface area contributed by atoms with E-state index in [1.807, 2.05) is 0 Å². The second-order valence-electron chi connectivity index (χ2n) is 2.21. The van der Waals surface area contributed by atoms with Gasteiger partial charge in [-0.1, -0.05) is 6.08 Å². The van der Waals surface area contributed by atoms with Crippen LogP contribution in [-0.2, 0) is 9.59 Å². The first-order valence-electron chi connectivity index (χ1n) is 3.81. The highest BCUT2D eigenvalue weighted by Crippen LogP contribution is 1.77. The molecule has 68 valence electrons. The lowest BCUT2D eigenvalue weighted by Gasteiger charge is -2.00. The van der Waals surface area contributed by atoms with Gasteiger partial charge in [0, 0.05) is 20.0 Å². The molecule has 0 bridgehead atoms. The van der Waals surface area contributed by atoms with Crippen LogP contribution in [0.1, 0.15) is 13.3 Å². The van der Waals surface area contributed by atoms with Crippen molar-refractivity contribution in [3.8, 4) is 0 Å². The van der Waals surface area contributed by atoms with Gasteiger partial charge in [-0.3, -0.25) is 9.59 Å². The molecule has 0 aromatic rings. The summed E-state index contributed by atoms with van der Waals surface area (Å²) in [5.41, 5.74) is 0. The molecule has 0 aromatic heterocycles. The standard InChI is InChI=1S/C8H14N2O2/c1-3-4-8(12)10-6-5-7(11)9-2/h3-4H,5-6H2,1-2H3,(H,9,11)(H,10,12). The number of hydrogen-bond acceptors (Lipinski definition) is 2. The van der Waals surface area contributed by atoms with Gasteiger partial charge in [-0.25, -0.2) is 0 Å². The van der Waals surface area contributed by atoms with Gasteiger partial charge < -0.3 is 10.6 Å². The Kier molecular flexibility index (Phi) is 5.69. The van der Waals surface area contributed by atoms with E-state index in [0.29, 0.717) is 13.0 Å². The number of hydrogen-bond donors (Lipinski definition) is 2. The second kappa shape index (κ2) is 6.39. The minimum absolute atomic E-state index is 0.0734. The average Bonchev–Trinajstić information content (AvgIpc) is 2.04. The van der Waals surface area contributed by atoms with Crippen LogP contribution in [0.25, 0.3) is 0 Å². The van der Waals surface area contributed by atoms with Gasteiger partial charge in [0.05, 0.1) is 0 Å². The van der Waals surface area contributed by atoms with Crippen molar-refractivity contribution in [3.05, 3.63) is 12.2 Å². The number of allylic oxidation sites excluding steroid dienone is 1. The van der Waals surface area contributed by atoms with Gasteiger partial charge in [0.2, 0.25) is 11.8 Å². The SMILES string of the molecule is CC=CC(=O)NCCC(=O)NC. The first-order valence-corrected chi connectivity index (χ1v) is 3.81. The Labute approximate surface area is 72.0 Å². The van der Waals surface area contributed by atoms with Crippen LogP contribution in [0.15, 0.2) is 12.2 Å². The molecule has 0 unspecified atom stereocenters. The van der Waals surface area contributed by atoms with Crippen molar-refractivity contribution in [3.63, 3.8) is 0 Å². The molecule has 0 aliphatic rings. The summed E-state index contributed by atoms with van der Waals surface area (Å²) in [5, 5.41) is 5.02. The van der Waals surface area contributed by atoms with Crippen molar-refractivity contribution in [2.24, 2.45) is 0 Å². The molecule has 0 radical (unpaired) electrons. The maximum Gasteiger partial charge on any atom is 0.243 e. The van der Waals surface area contributed by atoms with Crippen LogP contribution in [0, 0.1) is 0 Å². The third-order valence-electron chi connectivity index (χ3n) is 1.25. The van der Waals surface area contributed by atoms with Crippen molar-refractivity contribution < 1.29 is 9.59 Å². The molecule has 4 nitrogen and oxygen atoms in total. The third-order valence-corrected chi connectivity index (χ3v) is 1.25. The topological polar surface area (TPSA) is 58.2 Å².